The fourth-order valence-corrected chi connectivity index (χ4v) is 5.68. The van der Waals surface area contributed by atoms with Gasteiger partial charge in [-0.3, -0.25) is 14.5 Å². The molecule has 0 aliphatic carbocycles. The van der Waals surface area contributed by atoms with Crippen LogP contribution in [-0.2, 0) is 29.0 Å². The third kappa shape index (κ3) is 9.02. The van der Waals surface area contributed by atoms with Gasteiger partial charge >= 0.3 is 0 Å². The SMILES string of the molecule is CCCCc1ccc(C(=O)N(CCN2CCOCC2)CC(=O)N(Cc2ccccc2)Cc2ccc(C)s2)cc1. The molecule has 0 atom stereocenters. The molecule has 4 rings (SSSR count). The van der Waals surface area contributed by atoms with Crippen molar-refractivity contribution in [2.75, 3.05) is 45.9 Å². The number of thiophene rings is 1. The van der Waals surface area contributed by atoms with Crippen molar-refractivity contribution in [1.29, 1.82) is 0 Å². The summed E-state index contributed by atoms with van der Waals surface area (Å²) in [6.07, 6.45) is 3.29. The number of carbonyl (C=O) groups is 2. The molecule has 2 amide bonds. The molecule has 0 saturated carbocycles. The van der Waals surface area contributed by atoms with E-state index in [9.17, 15) is 9.59 Å². The van der Waals surface area contributed by atoms with Gasteiger partial charge in [0.2, 0.25) is 5.91 Å². The van der Waals surface area contributed by atoms with Gasteiger partial charge in [-0.25, -0.2) is 0 Å². The minimum Gasteiger partial charge on any atom is -0.379 e. The summed E-state index contributed by atoms with van der Waals surface area (Å²) in [7, 11) is 0. The minimum absolute atomic E-state index is 0.0419. The molecular formula is C32H41N3O3S. The molecule has 39 heavy (non-hydrogen) atoms. The highest BCUT2D eigenvalue weighted by Crippen LogP contribution is 2.19. The maximum absolute atomic E-state index is 13.8. The predicted molar refractivity (Wildman–Crippen MR) is 158 cm³/mol. The molecule has 0 spiro atoms. The Hall–Kier alpha value is -3.00. The van der Waals surface area contributed by atoms with Gasteiger partial charge in [0.25, 0.3) is 5.91 Å². The van der Waals surface area contributed by atoms with E-state index in [2.05, 4.69) is 30.9 Å². The summed E-state index contributed by atoms with van der Waals surface area (Å²) >= 11 is 1.71. The highest BCUT2D eigenvalue weighted by Gasteiger charge is 2.24. The molecule has 0 unspecified atom stereocenters. The van der Waals surface area contributed by atoms with E-state index in [1.54, 1.807) is 16.2 Å². The molecule has 3 aromatic rings. The van der Waals surface area contributed by atoms with Crippen molar-refractivity contribution in [3.8, 4) is 0 Å². The Morgan fingerprint density at radius 2 is 1.64 bits per heavy atom. The molecular weight excluding hydrogens is 506 g/mol. The normalized spacial score (nSPS) is 13.8. The topological polar surface area (TPSA) is 53.1 Å². The van der Waals surface area contributed by atoms with Gasteiger partial charge < -0.3 is 14.5 Å². The summed E-state index contributed by atoms with van der Waals surface area (Å²) in [4.78, 5) is 35.8. The van der Waals surface area contributed by atoms with Crippen LogP contribution < -0.4 is 0 Å². The number of ether oxygens (including phenoxy) is 1. The van der Waals surface area contributed by atoms with Gasteiger partial charge in [-0.2, -0.15) is 0 Å². The highest BCUT2D eigenvalue weighted by molar-refractivity contribution is 7.11. The zero-order valence-electron chi connectivity index (χ0n) is 23.3. The fourth-order valence-electron chi connectivity index (χ4n) is 4.77. The summed E-state index contributed by atoms with van der Waals surface area (Å²) in [6, 6.07) is 22.2. The number of carbonyl (C=O) groups excluding carboxylic acids is 2. The molecule has 0 N–H and O–H groups in total. The van der Waals surface area contributed by atoms with E-state index in [1.807, 2.05) is 59.5 Å². The van der Waals surface area contributed by atoms with E-state index < -0.39 is 0 Å². The second-order valence-corrected chi connectivity index (χ2v) is 11.6. The van der Waals surface area contributed by atoms with E-state index in [0.29, 0.717) is 38.4 Å². The summed E-state index contributed by atoms with van der Waals surface area (Å²) in [5.41, 5.74) is 2.95. The average molecular weight is 548 g/mol. The molecule has 1 aliphatic rings. The van der Waals surface area contributed by atoms with Gasteiger partial charge in [0, 0.05) is 48.0 Å². The first kappa shape index (κ1) is 29.0. The Balaban J connectivity index is 1.51. The van der Waals surface area contributed by atoms with Crippen LogP contribution in [0.1, 0.15) is 51.0 Å². The number of benzene rings is 2. The summed E-state index contributed by atoms with van der Waals surface area (Å²) in [5, 5.41) is 0. The molecule has 0 radical (unpaired) electrons. The Morgan fingerprint density at radius 1 is 0.897 bits per heavy atom. The molecule has 7 heteroatoms. The maximum Gasteiger partial charge on any atom is 0.254 e. The first-order chi connectivity index (χ1) is 19.0. The molecule has 2 aromatic carbocycles. The molecule has 1 saturated heterocycles. The van der Waals surface area contributed by atoms with Crippen LogP contribution in [-0.4, -0.2) is 72.5 Å². The molecule has 1 fully saturated rings. The fraction of sp³-hybridized carbons (Fsp3) is 0.438. The summed E-state index contributed by atoms with van der Waals surface area (Å²) < 4.78 is 5.49. The molecule has 2 heterocycles. The molecule has 1 aromatic heterocycles. The number of unbranched alkanes of at least 4 members (excludes halogenated alkanes) is 1. The number of aryl methyl sites for hydroxylation is 2. The first-order valence-corrected chi connectivity index (χ1v) is 14.9. The van der Waals surface area contributed by atoms with E-state index in [4.69, 9.17) is 4.74 Å². The van der Waals surface area contributed by atoms with Crippen LogP contribution in [0.25, 0.3) is 0 Å². The number of rotatable bonds is 13. The van der Waals surface area contributed by atoms with E-state index in [0.717, 1.165) is 49.3 Å². The summed E-state index contributed by atoms with van der Waals surface area (Å²) in [5.74, 6) is -0.134. The van der Waals surface area contributed by atoms with Gasteiger partial charge in [0.1, 0.15) is 6.54 Å². The lowest BCUT2D eigenvalue weighted by Gasteiger charge is -2.31. The number of nitrogens with zero attached hydrogens (tertiary/aromatic N) is 3. The third-order valence-electron chi connectivity index (χ3n) is 7.13. The molecule has 0 bridgehead atoms. The number of morpholine rings is 1. The second kappa shape index (κ2) is 15.0. The van der Waals surface area contributed by atoms with Crippen molar-refractivity contribution in [1.82, 2.24) is 14.7 Å². The van der Waals surface area contributed by atoms with Crippen LogP contribution in [0.15, 0.2) is 66.7 Å². The Kier molecular flexibility index (Phi) is 11.1. The van der Waals surface area contributed by atoms with E-state index in [1.165, 1.54) is 10.4 Å². The van der Waals surface area contributed by atoms with Crippen LogP contribution in [0.3, 0.4) is 0 Å². The second-order valence-electron chi connectivity index (χ2n) is 10.2. The van der Waals surface area contributed by atoms with Gasteiger partial charge in [-0.1, -0.05) is 55.8 Å². The van der Waals surface area contributed by atoms with E-state index >= 15 is 0 Å². The smallest absolute Gasteiger partial charge is 0.254 e. The third-order valence-corrected chi connectivity index (χ3v) is 8.12. The molecule has 208 valence electrons. The van der Waals surface area contributed by atoms with Crippen molar-refractivity contribution in [2.45, 2.75) is 46.2 Å². The lowest BCUT2D eigenvalue weighted by Crippen LogP contribution is -2.47. The Morgan fingerprint density at radius 3 is 2.31 bits per heavy atom. The lowest BCUT2D eigenvalue weighted by molar-refractivity contribution is -0.133. The Labute approximate surface area is 237 Å². The zero-order chi connectivity index (χ0) is 27.5. The average Bonchev–Trinajstić information content (AvgIpc) is 3.39. The predicted octanol–water partition coefficient (Wildman–Crippen LogP) is 5.40. The van der Waals surface area contributed by atoms with Crippen LogP contribution in [0.2, 0.25) is 0 Å². The monoisotopic (exact) mass is 547 g/mol. The lowest BCUT2D eigenvalue weighted by atomic mass is 10.1. The number of hydrogen-bond donors (Lipinski definition) is 0. The Bertz CT molecular complexity index is 1170. The van der Waals surface area contributed by atoms with Crippen molar-refractivity contribution in [3.05, 3.63) is 93.2 Å². The number of hydrogen-bond acceptors (Lipinski definition) is 5. The standard InChI is InChI=1S/C32H41N3O3S/c1-3-4-8-27-12-14-29(15-13-27)32(37)34(18-17-33-19-21-38-22-20-33)25-31(36)35(23-28-9-6-5-7-10-28)24-30-16-11-26(2)39-30/h5-7,9-16H,3-4,8,17-25H2,1-2H3. The minimum atomic E-state index is -0.0923. The number of amides is 2. The van der Waals surface area contributed by atoms with Crippen molar-refractivity contribution >= 4 is 23.2 Å². The quantitative estimate of drug-likeness (QED) is 0.288. The maximum atomic E-state index is 13.8. The van der Waals surface area contributed by atoms with E-state index in [-0.39, 0.29) is 18.4 Å². The molecule has 6 nitrogen and oxygen atoms in total. The van der Waals surface area contributed by atoms with Crippen LogP contribution in [0, 0.1) is 6.92 Å². The van der Waals surface area contributed by atoms with Crippen molar-refractivity contribution in [2.24, 2.45) is 0 Å². The van der Waals surface area contributed by atoms with Crippen LogP contribution in [0.4, 0.5) is 0 Å². The van der Waals surface area contributed by atoms with Gasteiger partial charge in [-0.15, -0.1) is 11.3 Å². The van der Waals surface area contributed by atoms with Crippen LogP contribution in [0.5, 0.6) is 0 Å². The van der Waals surface area contributed by atoms with Gasteiger partial charge in [-0.05, 0) is 55.2 Å². The first-order valence-electron chi connectivity index (χ1n) is 14.1. The largest absolute Gasteiger partial charge is 0.379 e. The highest BCUT2D eigenvalue weighted by atomic mass is 32.1. The summed E-state index contributed by atoms with van der Waals surface area (Å²) in [6.45, 7) is 9.68. The van der Waals surface area contributed by atoms with Crippen molar-refractivity contribution in [3.63, 3.8) is 0 Å². The molecule has 1 aliphatic heterocycles. The zero-order valence-corrected chi connectivity index (χ0v) is 24.1. The van der Waals surface area contributed by atoms with Gasteiger partial charge in [0.05, 0.1) is 19.8 Å². The van der Waals surface area contributed by atoms with Crippen LogP contribution >= 0.6 is 11.3 Å². The van der Waals surface area contributed by atoms with Crippen molar-refractivity contribution < 1.29 is 14.3 Å². The van der Waals surface area contributed by atoms with Gasteiger partial charge in [0.15, 0.2) is 0 Å².